The maximum atomic E-state index is 13.0. The van der Waals surface area contributed by atoms with E-state index in [4.69, 9.17) is 0 Å². The van der Waals surface area contributed by atoms with E-state index in [1.54, 1.807) is 24.3 Å². The second-order valence-electron chi connectivity index (χ2n) is 7.70. The number of amides is 2. The number of aromatic nitrogens is 2. The molecular formula is C22H23N5O5S. The Bertz CT molecular complexity index is 1360. The Morgan fingerprint density at radius 1 is 0.879 bits per heavy atom. The highest BCUT2D eigenvalue weighted by Gasteiger charge is 2.26. The molecule has 1 saturated heterocycles. The molecule has 0 saturated carbocycles. The highest BCUT2D eigenvalue weighted by molar-refractivity contribution is 7.89. The second-order valence-corrected chi connectivity index (χ2v) is 9.64. The standard InChI is InChI=1S/C22H23N5O5S/c28-20(24-26-22(30)19-17-10-3-4-11-18(17)21(29)25-23-19)15-8-7-9-16(14-15)33(31,32)27-12-5-1-2-6-13-27/h3-4,7-11,14H,1-2,5-6,12-13H2,(H,24,28)(H,25,29)(H,26,30). The molecule has 0 aliphatic carbocycles. The van der Waals surface area contributed by atoms with Gasteiger partial charge in [-0.25, -0.2) is 13.5 Å². The fraction of sp³-hybridized carbons (Fsp3) is 0.273. The zero-order chi connectivity index (χ0) is 23.4. The van der Waals surface area contributed by atoms with Crippen LogP contribution in [0, 0.1) is 0 Å². The molecule has 3 N–H and O–H groups in total. The van der Waals surface area contributed by atoms with E-state index in [-0.39, 0.29) is 21.5 Å². The molecule has 33 heavy (non-hydrogen) atoms. The van der Waals surface area contributed by atoms with Gasteiger partial charge < -0.3 is 0 Å². The molecule has 0 unspecified atom stereocenters. The first-order valence-corrected chi connectivity index (χ1v) is 12.0. The van der Waals surface area contributed by atoms with Gasteiger partial charge in [-0.1, -0.05) is 37.1 Å². The number of aromatic amines is 1. The van der Waals surface area contributed by atoms with E-state index in [2.05, 4.69) is 21.0 Å². The van der Waals surface area contributed by atoms with Crippen molar-refractivity contribution in [3.05, 3.63) is 70.1 Å². The quantitative estimate of drug-likeness (QED) is 0.495. The Balaban J connectivity index is 1.49. The lowest BCUT2D eigenvalue weighted by Crippen LogP contribution is -2.42. The van der Waals surface area contributed by atoms with E-state index in [1.165, 1.54) is 28.6 Å². The summed E-state index contributed by atoms with van der Waals surface area (Å²) in [7, 11) is -3.72. The summed E-state index contributed by atoms with van der Waals surface area (Å²) in [4.78, 5) is 37.1. The molecule has 3 aromatic rings. The molecule has 2 heterocycles. The van der Waals surface area contributed by atoms with Crippen molar-refractivity contribution in [3.63, 3.8) is 0 Å². The van der Waals surface area contributed by atoms with Gasteiger partial charge in [0.15, 0.2) is 5.69 Å². The topological polar surface area (TPSA) is 141 Å². The largest absolute Gasteiger partial charge is 0.290 e. The van der Waals surface area contributed by atoms with E-state index >= 15 is 0 Å². The minimum absolute atomic E-state index is 0.0247. The molecule has 0 atom stereocenters. The molecular weight excluding hydrogens is 446 g/mol. The summed E-state index contributed by atoms with van der Waals surface area (Å²) < 4.78 is 27.5. The smallest absolute Gasteiger partial charge is 0.267 e. The third-order valence-corrected chi connectivity index (χ3v) is 7.39. The molecule has 11 heteroatoms. The average Bonchev–Trinajstić information content (AvgIpc) is 3.13. The number of H-pyrrole nitrogens is 1. The summed E-state index contributed by atoms with van der Waals surface area (Å²) in [6.45, 7) is 0.907. The van der Waals surface area contributed by atoms with E-state index in [0.717, 1.165) is 25.7 Å². The minimum atomic E-state index is -3.72. The van der Waals surface area contributed by atoms with Gasteiger partial charge in [-0.3, -0.25) is 25.2 Å². The van der Waals surface area contributed by atoms with Gasteiger partial charge in [-0.05, 0) is 37.1 Å². The molecule has 1 aliphatic heterocycles. The molecule has 1 fully saturated rings. The van der Waals surface area contributed by atoms with Crippen LogP contribution in [-0.2, 0) is 10.0 Å². The first-order valence-electron chi connectivity index (χ1n) is 10.6. The average molecular weight is 470 g/mol. The molecule has 2 aromatic carbocycles. The number of hydrogen-bond donors (Lipinski definition) is 3. The number of hydrazine groups is 1. The van der Waals surface area contributed by atoms with Crippen LogP contribution in [0.3, 0.4) is 0 Å². The Morgan fingerprint density at radius 3 is 2.27 bits per heavy atom. The van der Waals surface area contributed by atoms with Crippen LogP contribution in [0.15, 0.2) is 58.2 Å². The highest BCUT2D eigenvalue weighted by atomic mass is 32.2. The van der Waals surface area contributed by atoms with E-state index in [1.807, 2.05) is 0 Å². The van der Waals surface area contributed by atoms with Crippen LogP contribution in [0.4, 0.5) is 0 Å². The summed E-state index contributed by atoms with van der Waals surface area (Å²) in [6.07, 6.45) is 3.60. The van der Waals surface area contributed by atoms with Crippen molar-refractivity contribution in [1.29, 1.82) is 0 Å². The summed E-state index contributed by atoms with van der Waals surface area (Å²) >= 11 is 0. The van der Waals surface area contributed by atoms with Crippen molar-refractivity contribution < 1.29 is 18.0 Å². The van der Waals surface area contributed by atoms with Crippen molar-refractivity contribution in [2.45, 2.75) is 30.6 Å². The fourth-order valence-corrected chi connectivity index (χ4v) is 5.33. The van der Waals surface area contributed by atoms with Gasteiger partial charge in [0.25, 0.3) is 17.4 Å². The number of nitrogens with one attached hydrogen (secondary N) is 3. The van der Waals surface area contributed by atoms with E-state index in [9.17, 15) is 22.8 Å². The van der Waals surface area contributed by atoms with Gasteiger partial charge in [0.05, 0.1) is 10.3 Å². The van der Waals surface area contributed by atoms with Crippen LogP contribution in [0.1, 0.15) is 46.5 Å². The van der Waals surface area contributed by atoms with Crippen LogP contribution in [0.2, 0.25) is 0 Å². The molecule has 0 radical (unpaired) electrons. The molecule has 10 nitrogen and oxygen atoms in total. The number of carbonyl (C=O) groups excluding carboxylic acids is 2. The van der Waals surface area contributed by atoms with E-state index < -0.39 is 27.4 Å². The maximum absolute atomic E-state index is 13.0. The van der Waals surface area contributed by atoms with Gasteiger partial charge in [0, 0.05) is 24.0 Å². The zero-order valence-electron chi connectivity index (χ0n) is 17.7. The number of fused-ring (bicyclic) bond motifs is 1. The number of benzene rings is 2. The first-order chi connectivity index (χ1) is 15.9. The van der Waals surface area contributed by atoms with Gasteiger partial charge in [0.2, 0.25) is 10.0 Å². The third kappa shape index (κ3) is 4.78. The maximum Gasteiger partial charge on any atom is 0.290 e. The van der Waals surface area contributed by atoms with E-state index in [0.29, 0.717) is 18.5 Å². The van der Waals surface area contributed by atoms with Gasteiger partial charge in [0.1, 0.15) is 0 Å². The number of rotatable bonds is 4. The molecule has 0 bridgehead atoms. The van der Waals surface area contributed by atoms with Crippen molar-refractivity contribution in [1.82, 2.24) is 25.4 Å². The Morgan fingerprint density at radius 2 is 1.55 bits per heavy atom. The van der Waals surface area contributed by atoms with Crippen LogP contribution >= 0.6 is 0 Å². The van der Waals surface area contributed by atoms with Crippen molar-refractivity contribution in [2.24, 2.45) is 0 Å². The minimum Gasteiger partial charge on any atom is -0.267 e. The fourth-order valence-electron chi connectivity index (χ4n) is 3.76. The lowest BCUT2D eigenvalue weighted by atomic mass is 10.1. The van der Waals surface area contributed by atoms with Gasteiger partial charge >= 0.3 is 0 Å². The predicted octanol–water partition coefficient (Wildman–Crippen LogP) is 1.56. The monoisotopic (exact) mass is 469 g/mol. The summed E-state index contributed by atoms with van der Waals surface area (Å²) in [5.41, 5.74) is 4.09. The van der Waals surface area contributed by atoms with Crippen LogP contribution in [0.25, 0.3) is 10.8 Å². The van der Waals surface area contributed by atoms with Crippen LogP contribution in [0.5, 0.6) is 0 Å². The Labute approximate surface area is 190 Å². The molecule has 0 spiro atoms. The van der Waals surface area contributed by atoms with Crippen molar-refractivity contribution in [3.8, 4) is 0 Å². The van der Waals surface area contributed by atoms with Gasteiger partial charge in [-0.2, -0.15) is 9.40 Å². The zero-order valence-corrected chi connectivity index (χ0v) is 18.5. The van der Waals surface area contributed by atoms with Gasteiger partial charge in [-0.15, -0.1) is 0 Å². The SMILES string of the molecule is O=C(NNC(=O)c1n[nH]c(=O)c2ccccc12)c1cccc(S(=O)(=O)N2CCCCCC2)c1. The first kappa shape index (κ1) is 22.6. The number of hydrogen-bond acceptors (Lipinski definition) is 6. The highest BCUT2D eigenvalue weighted by Crippen LogP contribution is 2.21. The second kappa shape index (κ2) is 9.51. The van der Waals surface area contributed by atoms with Crippen molar-refractivity contribution >= 4 is 32.6 Å². The number of nitrogens with zero attached hydrogens (tertiary/aromatic N) is 2. The third-order valence-electron chi connectivity index (χ3n) is 5.50. The van der Waals surface area contributed by atoms with Crippen LogP contribution < -0.4 is 16.4 Å². The lowest BCUT2D eigenvalue weighted by molar-refractivity contribution is 0.0844. The molecule has 4 rings (SSSR count). The molecule has 2 amide bonds. The summed E-state index contributed by atoms with van der Waals surface area (Å²) in [5.74, 6) is -1.42. The summed E-state index contributed by atoms with van der Waals surface area (Å²) in [5, 5.41) is 6.65. The lowest BCUT2D eigenvalue weighted by Gasteiger charge is -2.20. The summed E-state index contributed by atoms with van der Waals surface area (Å²) in [6, 6.07) is 12.1. The number of carbonyl (C=O) groups is 2. The molecule has 172 valence electrons. The van der Waals surface area contributed by atoms with Crippen LogP contribution in [-0.4, -0.2) is 47.8 Å². The Kier molecular flexibility index (Phi) is 6.52. The Hall–Kier alpha value is -3.57. The molecule has 1 aliphatic rings. The van der Waals surface area contributed by atoms with Crippen molar-refractivity contribution in [2.75, 3.05) is 13.1 Å². The molecule has 1 aromatic heterocycles. The number of sulfonamides is 1. The normalized spacial score (nSPS) is 15.0. The predicted molar refractivity (Wildman–Crippen MR) is 121 cm³/mol.